The number of para-hydroxylation sites is 1. The first-order valence-corrected chi connectivity index (χ1v) is 9.02. The Kier molecular flexibility index (Phi) is 5.79. The summed E-state index contributed by atoms with van der Waals surface area (Å²) in [5, 5.41) is 3.72. The van der Waals surface area contributed by atoms with E-state index in [0.29, 0.717) is 6.04 Å². The summed E-state index contributed by atoms with van der Waals surface area (Å²) in [7, 11) is 0. The van der Waals surface area contributed by atoms with Gasteiger partial charge in [-0.2, -0.15) is 11.8 Å². The molecule has 0 radical (unpaired) electrons. The number of unbranched alkanes of at least 4 members (excludes halogenated alkanes) is 2. The molecule has 1 aromatic carbocycles. The van der Waals surface area contributed by atoms with Crippen LogP contribution in [0.2, 0.25) is 0 Å². The number of fused-ring (bicyclic) bond motifs is 1. The minimum absolute atomic E-state index is 0.0785. The van der Waals surface area contributed by atoms with Gasteiger partial charge in [0.2, 0.25) is 0 Å². The number of ether oxygens (including phenoxy) is 1. The molecule has 0 fully saturated rings. The summed E-state index contributed by atoms with van der Waals surface area (Å²) in [5.74, 6) is 2.33. The lowest BCUT2D eigenvalue weighted by Crippen LogP contribution is -2.39. The molecule has 3 heteroatoms. The second kappa shape index (κ2) is 7.37. The molecule has 1 aliphatic heterocycles. The summed E-state index contributed by atoms with van der Waals surface area (Å²) in [4.78, 5) is 0. The Morgan fingerprint density at radius 1 is 1.25 bits per heavy atom. The predicted octanol–water partition coefficient (Wildman–Crippen LogP) is 4.41. The largest absolute Gasteiger partial charge is 0.487 e. The Morgan fingerprint density at radius 2 is 2.05 bits per heavy atom. The van der Waals surface area contributed by atoms with Crippen molar-refractivity contribution in [3.63, 3.8) is 0 Å². The minimum atomic E-state index is -0.0785. The highest BCUT2D eigenvalue weighted by molar-refractivity contribution is 7.98. The van der Waals surface area contributed by atoms with Gasteiger partial charge in [-0.1, -0.05) is 24.6 Å². The molecule has 0 amide bonds. The number of benzene rings is 1. The Morgan fingerprint density at radius 3 is 2.85 bits per heavy atom. The molecule has 2 rings (SSSR count). The highest BCUT2D eigenvalue weighted by Crippen LogP contribution is 2.39. The molecule has 112 valence electrons. The van der Waals surface area contributed by atoms with Gasteiger partial charge in [-0.3, -0.25) is 0 Å². The molecule has 1 N–H and O–H groups in total. The van der Waals surface area contributed by atoms with Crippen LogP contribution in [0.1, 0.15) is 51.1 Å². The zero-order valence-corrected chi connectivity index (χ0v) is 13.8. The predicted molar refractivity (Wildman–Crippen MR) is 88.7 cm³/mol. The van der Waals surface area contributed by atoms with E-state index in [4.69, 9.17) is 4.74 Å². The van der Waals surface area contributed by atoms with Gasteiger partial charge in [-0.15, -0.1) is 0 Å². The number of nitrogens with one attached hydrogen (secondary N) is 1. The van der Waals surface area contributed by atoms with Crippen molar-refractivity contribution in [2.24, 2.45) is 0 Å². The minimum Gasteiger partial charge on any atom is -0.487 e. The first kappa shape index (κ1) is 15.7. The molecule has 1 aliphatic rings. The quantitative estimate of drug-likeness (QED) is 0.752. The van der Waals surface area contributed by atoms with E-state index in [0.717, 1.165) is 18.7 Å². The van der Waals surface area contributed by atoms with Crippen LogP contribution in [0.5, 0.6) is 5.75 Å². The number of hydrogen-bond donors (Lipinski definition) is 1. The zero-order chi connectivity index (χ0) is 14.4. The maximum absolute atomic E-state index is 6.07. The summed E-state index contributed by atoms with van der Waals surface area (Å²) in [5.41, 5.74) is 1.24. The van der Waals surface area contributed by atoms with E-state index in [2.05, 4.69) is 49.7 Å². The van der Waals surface area contributed by atoms with Crippen LogP contribution in [-0.4, -0.2) is 24.2 Å². The summed E-state index contributed by atoms with van der Waals surface area (Å²) in [6, 6.07) is 8.86. The van der Waals surface area contributed by atoms with Gasteiger partial charge in [0.15, 0.2) is 0 Å². The lowest BCUT2D eigenvalue weighted by atomic mass is 9.89. The molecule has 1 aromatic rings. The average Bonchev–Trinajstić information content (AvgIpc) is 2.41. The standard InChI is InChI=1S/C17H27NOS/c1-17(2)13-15(18-11-7-4-8-12-20-3)14-9-5-6-10-16(14)19-17/h5-6,9-10,15,18H,4,7-8,11-13H2,1-3H3. The molecule has 1 heterocycles. The fraction of sp³-hybridized carbons (Fsp3) is 0.647. The summed E-state index contributed by atoms with van der Waals surface area (Å²) in [6.45, 7) is 5.45. The second-order valence-electron chi connectivity index (χ2n) is 6.16. The summed E-state index contributed by atoms with van der Waals surface area (Å²) < 4.78 is 6.07. The fourth-order valence-corrected chi connectivity index (χ4v) is 3.30. The van der Waals surface area contributed by atoms with Gasteiger partial charge in [0.05, 0.1) is 0 Å². The highest BCUT2D eigenvalue weighted by atomic mass is 32.2. The molecule has 20 heavy (non-hydrogen) atoms. The maximum atomic E-state index is 6.07. The van der Waals surface area contributed by atoms with Crippen molar-refractivity contribution in [1.82, 2.24) is 5.32 Å². The monoisotopic (exact) mass is 293 g/mol. The van der Waals surface area contributed by atoms with Crippen molar-refractivity contribution in [2.45, 2.75) is 51.2 Å². The van der Waals surface area contributed by atoms with Crippen molar-refractivity contribution in [3.8, 4) is 5.75 Å². The second-order valence-corrected chi connectivity index (χ2v) is 7.15. The molecule has 0 aromatic heterocycles. The van der Waals surface area contributed by atoms with E-state index in [9.17, 15) is 0 Å². The third kappa shape index (κ3) is 4.42. The Balaban J connectivity index is 1.87. The molecule has 1 atom stereocenters. The first-order valence-electron chi connectivity index (χ1n) is 7.63. The van der Waals surface area contributed by atoms with E-state index >= 15 is 0 Å². The van der Waals surface area contributed by atoms with E-state index in [-0.39, 0.29) is 5.60 Å². The van der Waals surface area contributed by atoms with Crippen LogP contribution in [0, 0.1) is 0 Å². The fourth-order valence-electron chi connectivity index (χ4n) is 2.81. The van der Waals surface area contributed by atoms with E-state index in [1.54, 1.807) is 0 Å². The first-order chi connectivity index (χ1) is 9.62. The molecule has 0 aliphatic carbocycles. The lowest BCUT2D eigenvalue weighted by Gasteiger charge is -2.38. The molecular formula is C17H27NOS. The Bertz CT molecular complexity index is 419. The number of rotatable bonds is 7. The van der Waals surface area contributed by atoms with Gasteiger partial charge < -0.3 is 10.1 Å². The van der Waals surface area contributed by atoms with Gasteiger partial charge in [0.25, 0.3) is 0 Å². The highest BCUT2D eigenvalue weighted by Gasteiger charge is 2.32. The third-order valence-corrected chi connectivity index (χ3v) is 4.49. The summed E-state index contributed by atoms with van der Waals surface area (Å²) >= 11 is 1.94. The van der Waals surface area contributed by atoms with Gasteiger partial charge in [0, 0.05) is 18.0 Å². The van der Waals surface area contributed by atoms with Crippen LogP contribution >= 0.6 is 11.8 Å². The van der Waals surface area contributed by atoms with Gasteiger partial charge in [0.1, 0.15) is 11.4 Å². The van der Waals surface area contributed by atoms with Crippen molar-refractivity contribution < 1.29 is 4.74 Å². The van der Waals surface area contributed by atoms with Crippen LogP contribution in [-0.2, 0) is 0 Å². The average molecular weight is 293 g/mol. The SMILES string of the molecule is CSCCCCCNC1CC(C)(C)Oc2ccccc21. The topological polar surface area (TPSA) is 21.3 Å². The van der Waals surface area contributed by atoms with Gasteiger partial charge in [-0.25, -0.2) is 0 Å². The van der Waals surface area contributed by atoms with Crippen molar-refractivity contribution in [1.29, 1.82) is 0 Å². The Hall–Kier alpha value is -0.670. The van der Waals surface area contributed by atoms with Crippen LogP contribution in [0.25, 0.3) is 0 Å². The maximum Gasteiger partial charge on any atom is 0.124 e. The Labute approximate surface area is 127 Å². The molecule has 0 bridgehead atoms. The van der Waals surface area contributed by atoms with E-state index in [1.807, 2.05) is 11.8 Å². The number of hydrogen-bond acceptors (Lipinski definition) is 3. The van der Waals surface area contributed by atoms with Crippen LogP contribution < -0.4 is 10.1 Å². The van der Waals surface area contributed by atoms with Crippen molar-refractivity contribution >= 4 is 11.8 Å². The molecule has 1 unspecified atom stereocenters. The zero-order valence-electron chi connectivity index (χ0n) is 12.9. The van der Waals surface area contributed by atoms with Gasteiger partial charge >= 0.3 is 0 Å². The van der Waals surface area contributed by atoms with Crippen molar-refractivity contribution in [2.75, 3.05) is 18.6 Å². The van der Waals surface area contributed by atoms with Crippen LogP contribution in [0.3, 0.4) is 0 Å². The number of thioether (sulfide) groups is 1. The van der Waals surface area contributed by atoms with E-state index < -0.39 is 0 Å². The van der Waals surface area contributed by atoms with Crippen LogP contribution in [0.15, 0.2) is 24.3 Å². The molecule has 0 spiro atoms. The summed E-state index contributed by atoms with van der Waals surface area (Å²) in [6.07, 6.45) is 7.13. The molecular weight excluding hydrogens is 266 g/mol. The van der Waals surface area contributed by atoms with Crippen molar-refractivity contribution in [3.05, 3.63) is 29.8 Å². The van der Waals surface area contributed by atoms with Gasteiger partial charge in [-0.05, 0) is 51.3 Å². The van der Waals surface area contributed by atoms with Crippen LogP contribution in [0.4, 0.5) is 0 Å². The molecule has 0 saturated carbocycles. The van der Waals surface area contributed by atoms with E-state index in [1.165, 1.54) is 30.6 Å². The molecule has 0 saturated heterocycles. The third-order valence-electron chi connectivity index (χ3n) is 3.79. The molecule has 2 nitrogen and oxygen atoms in total. The smallest absolute Gasteiger partial charge is 0.124 e. The normalized spacial score (nSPS) is 20.2. The lowest BCUT2D eigenvalue weighted by molar-refractivity contribution is 0.0660.